The Hall–Kier alpha value is -3.65. The number of hydrogen-bond acceptors (Lipinski definition) is 4. The Kier molecular flexibility index (Phi) is 5.73. The lowest BCUT2D eigenvalue weighted by atomic mass is 10.1. The lowest BCUT2D eigenvalue weighted by Crippen LogP contribution is -2.19. The fourth-order valence-electron chi connectivity index (χ4n) is 3.23. The molecule has 0 bridgehead atoms. The van der Waals surface area contributed by atoms with Gasteiger partial charge in [0.25, 0.3) is 11.8 Å². The molecule has 0 fully saturated rings. The number of nitrogens with zero attached hydrogens (tertiary/aromatic N) is 2. The van der Waals surface area contributed by atoms with E-state index in [9.17, 15) is 9.59 Å². The second-order valence-corrected chi connectivity index (χ2v) is 7.73. The lowest BCUT2D eigenvalue weighted by molar-refractivity contribution is 0.0955. The number of fused-ring (bicyclic) bond motifs is 1. The van der Waals surface area contributed by atoms with E-state index in [1.54, 1.807) is 43.5 Å². The first-order chi connectivity index (χ1) is 14.9. The maximum Gasteiger partial charge on any atom is 0.291 e. The van der Waals surface area contributed by atoms with Crippen LogP contribution in [0, 0.1) is 0 Å². The molecule has 7 nitrogen and oxygen atoms in total. The summed E-state index contributed by atoms with van der Waals surface area (Å²) in [7, 11) is 1.90. The lowest BCUT2D eigenvalue weighted by Gasteiger charge is -2.07. The first-order valence-corrected chi connectivity index (χ1v) is 10.3. The quantitative estimate of drug-likeness (QED) is 0.314. The summed E-state index contributed by atoms with van der Waals surface area (Å²) in [4.78, 5) is 25.0. The summed E-state index contributed by atoms with van der Waals surface area (Å²) < 4.78 is 7.66. The molecule has 2 N–H and O–H groups in total. The Balaban J connectivity index is 1.48. The van der Waals surface area contributed by atoms with Crippen LogP contribution in [-0.4, -0.2) is 22.1 Å². The molecule has 2 heterocycles. The number of amides is 2. The maximum absolute atomic E-state index is 12.7. The van der Waals surface area contributed by atoms with E-state index in [0.717, 1.165) is 16.5 Å². The SMILES string of the molecule is CC(=NNC(=O)c1cn(C)c2ccccc12)c1cccc(NC(=O)c2ccc(Br)o2)c1. The zero-order chi connectivity index (χ0) is 22.0. The third kappa shape index (κ3) is 4.44. The van der Waals surface area contributed by atoms with Gasteiger partial charge in [0.15, 0.2) is 10.4 Å². The Morgan fingerprint density at radius 3 is 2.61 bits per heavy atom. The van der Waals surface area contributed by atoms with Crippen LogP contribution in [0.1, 0.15) is 33.4 Å². The zero-order valence-corrected chi connectivity index (χ0v) is 18.4. The van der Waals surface area contributed by atoms with Crippen LogP contribution in [0.2, 0.25) is 0 Å². The number of aryl methyl sites for hydroxylation is 1. The molecular weight excluding hydrogens is 460 g/mol. The molecule has 0 unspecified atom stereocenters. The highest BCUT2D eigenvalue weighted by Crippen LogP contribution is 2.20. The number of furan rings is 1. The van der Waals surface area contributed by atoms with Crippen molar-refractivity contribution in [1.29, 1.82) is 0 Å². The highest BCUT2D eigenvalue weighted by molar-refractivity contribution is 9.10. The second-order valence-electron chi connectivity index (χ2n) is 6.95. The molecule has 0 aliphatic carbocycles. The third-order valence-corrected chi connectivity index (χ3v) is 5.23. The van der Waals surface area contributed by atoms with Crippen LogP contribution < -0.4 is 10.7 Å². The number of carbonyl (C=O) groups is 2. The number of halogens is 1. The Labute approximate surface area is 186 Å². The molecule has 156 valence electrons. The van der Waals surface area contributed by atoms with Gasteiger partial charge in [-0.2, -0.15) is 5.10 Å². The molecule has 0 spiro atoms. The van der Waals surface area contributed by atoms with Crippen molar-refractivity contribution >= 4 is 50.0 Å². The molecule has 0 saturated heterocycles. The number of hydrazone groups is 1. The highest BCUT2D eigenvalue weighted by atomic mass is 79.9. The van der Waals surface area contributed by atoms with Gasteiger partial charge in [0.05, 0.1) is 11.3 Å². The summed E-state index contributed by atoms with van der Waals surface area (Å²) in [6, 6.07) is 18.1. The summed E-state index contributed by atoms with van der Waals surface area (Å²) in [5.41, 5.74) is 6.10. The normalized spacial score (nSPS) is 11.5. The Morgan fingerprint density at radius 1 is 1.03 bits per heavy atom. The zero-order valence-electron chi connectivity index (χ0n) is 16.8. The number of benzene rings is 2. The molecule has 31 heavy (non-hydrogen) atoms. The molecule has 0 aliphatic heterocycles. The van der Waals surface area contributed by atoms with Gasteiger partial charge in [-0.25, -0.2) is 5.43 Å². The van der Waals surface area contributed by atoms with Gasteiger partial charge in [0.2, 0.25) is 0 Å². The Morgan fingerprint density at radius 2 is 1.84 bits per heavy atom. The summed E-state index contributed by atoms with van der Waals surface area (Å²) in [5, 5.41) is 7.89. The van der Waals surface area contributed by atoms with Crippen LogP contribution in [0.15, 0.2) is 81.0 Å². The number of rotatable bonds is 5. The van der Waals surface area contributed by atoms with E-state index in [0.29, 0.717) is 21.6 Å². The van der Waals surface area contributed by atoms with Crippen molar-refractivity contribution in [2.24, 2.45) is 12.1 Å². The first kappa shape index (κ1) is 20.6. The number of aromatic nitrogens is 1. The van der Waals surface area contributed by atoms with E-state index in [1.807, 2.05) is 41.9 Å². The van der Waals surface area contributed by atoms with Crippen LogP contribution in [-0.2, 0) is 7.05 Å². The van der Waals surface area contributed by atoms with E-state index in [2.05, 4.69) is 31.8 Å². The molecule has 2 aromatic heterocycles. The molecule has 8 heteroatoms. The molecule has 2 amide bonds. The van der Waals surface area contributed by atoms with Gasteiger partial charge < -0.3 is 14.3 Å². The average Bonchev–Trinajstić information content (AvgIpc) is 3.36. The molecule has 0 radical (unpaired) electrons. The van der Waals surface area contributed by atoms with Gasteiger partial charge >= 0.3 is 0 Å². The maximum atomic E-state index is 12.7. The minimum Gasteiger partial charge on any atom is -0.444 e. The standard InChI is InChI=1S/C23H19BrN4O3/c1-14(26-27-22(29)18-13-28(2)19-9-4-3-8-17(18)19)15-6-5-7-16(12-15)25-23(30)20-10-11-21(24)31-20/h3-13H,1-2H3,(H,25,30)(H,27,29). The minimum absolute atomic E-state index is 0.199. The van der Waals surface area contributed by atoms with Gasteiger partial charge in [-0.15, -0.1) is 0 Å². The molecular formula is C23H19BrN4O3. The summed E-state index contributed by atoms with van der Waals surface area (Å²) in [5.74, 6) is -0.448. The van der Waals surface area contributed by atoms with E-state index in [1.165, 1.54) is 0 Å². The van der Waals surface area contributed by atoms with Crippen LogP contribution in [0.3, 0.4) is 0 Å². The van der Waals surface area contributed by atoms with E-state index in [-0.39, 0.29) is 17.6 Å². The monoisotopic (exact) mass is 478 g/mol. The van der Waals surface area contributed by atoms with Crippen molar-refractivity contribution < 1.29 is 14.0 Å². The number of hydrogen-bond donors (Lipinski definition) is 2. The number of anilines is 1. The van der Waals surface area contributed by atoms with Crippen LogP contribution in [0.25, 0.3) is 10.9 Å². The van der Waals surface area contributed by atoms with Crippen LogP contribution in [0.5, 0.6) is 0 Å². The molecule has 0 aliphatic rings. The van der Waals surface area contributed by atoms with Crippen LogP contribution >= 0.6 is 15.9 Å². The highest BCUT2D eigenvalue weighted by Gasteiger charge is 2.14. The molecule has 0 saturated carbocycles. The van der Waals surface area contributed by atoms with Gasteiger partial charge in [0.1, 0.15) is 0 Å². The first-order valence-electron chi connectivity index (χ1n) is 9.48. The summed E-state index contributed by atoms with van der Waals surface area (Å²) >= 11 is 3.18. The second kappa shape index (κ2) is 8.61. The van der Waals surface area contributed by atoms with E-state index >= 15 is 0 Å². The predicted octanol–water partition coefficient (Wildman–Crippen LogP) is 4.94. The minimum atomic E-state index is -0.360. The third-order valence-electron chi connectivity index (χ3n) is 4.80. The molecule has 4 aromatic rings. The van der Waals surface area contributed by atoms with Crippen molar-refractivity contribution in [3.63, 3.8) is 0 Å². The van der Waals surface area contributed by atoms with Crippen molar-refractivity contribution in [2.45, 2.75) is 6.92 Å². The van der Waals surface area contributed by atoms with E-state index < -0.39 is 0 Å². The largest absolute Gasteiger partial charge is 0.444 e. The van der Waals surface area contributed by atoms with Gasteiger partial charge in [-0.1, -0.05) is 30.3 Å². The van der Waals surface area contributed by atoms with Crippen molar-refractivity contribution in [3.8, 4) is 0 Å². The fourth-order valence-corrected chi connectivity index (χ4v) is 3.54. The van der Waals surface area contributed by atoms with Gasteiger partial charge in [-0.3, -0.25) is 9.59 Å². The number of carbonyl (C=O) groups excluding carboxylic acids is 2. The van der Waals surface area contributed by atoms with Gasteiger partial charge in [-0.05, 0) is 58.7 Å². The average molecular weight is 479 g/mol. The molecule has 0 atom stereocenters. The smallest absolute Gasteiger partial charge is 0.291 e. The number of para-hydroxylation sites is 1. The Bertz CT molecular complexity index is 1320. The topological polar surface area (TPSA) is 88.6 Å². The molecule has 2 aromatic carbocycles. The van der Waals surface area contributed by atoms with Gasteiger partial charge in [0, 0.05) is 29.8 Å². The van der Waals surface area contributed by atoms with Crippen molar-refractivity contribution in [2.75, 3.05) is 5.32 Å². The number of nitrogens with one attached hydrogen (secondary N) is 2. The fraction of sp³-hybridized carbons (Fsp3) is 0.0870. The predicted molar refractivity (Wildman–Crippen MR) is 123 cm³/mol. The van der Waals surface area contributed by atoms with Crippen molar-refractivity contribution in [1.82, 2.24) is 9.99 Å². The molecule has 4 rings (SSSR count). The van der Waals surface area contributed by atoms with Crippen molar-refractivity contribution in [3.05, 3.63) is 88.4 Å². The summed E-state index contributed by atoms with van der Waals surface area (Å²) in [6.07, 6.45) is 1.79. The van der Waals surface area contributed by atoms with E-state index in [4.69, 9.17) is 4.42 Å². The summed E-state index contributed by atoms with van der Waals surface area (Å²) in [6.45, 7) is 1.79. The van der Waals surface area contributed by atoms with Crippen LogP contribution in [0.4, 0.5) is 5.69 Å².